The summed E-state index contributed by atoms with van der Waals surface area (Å²) >= 11 is 0. The average Bonchev–Trinajstić information content (AvgIpc) is 2.93. The van der Waals surface area contributed by atoms with Crippen LogP contribution in [0.4, 0.5) is 14.5 Å². The number of aromatic amines is 1. The second-order valence-corrected chi connectivity index (χ2v) is 4.95. The molecule has 4 nitrogen and oxygen atoms in total. The average molecular weight is 288 g/mol. The first-order valence-electron chi connectivity index (χ1n) is 6.52. The van der Waals surface area contributed by atoms with E-state index in [4.69, 9.17) is 0 Å². The SMILES string of the molecule is CC(F)(F)c1cncc(NCc2cccc3[nH]ncc23)c1. The number of halogens is 2. The standard InChI is InChI=1S/C15H14F2N4/c1-15(16,17)11-5-12(8-18-7-11)19-6-10-3-2-4-14-13(10)9-20-21-14/h2-5,7-9,19H,6H2,1H3,(H,20,21). The Kier molecular flexibility index (Phi) is 3.29. The molecule has 0 aliphatic carbocycles. The van der Waals surface area contributed by atoms with Gasteiger partial charge in [0.05, 0.1) is 17.4 Å². The van der Waals surface area contributed by atoms with E-state index in [0.717, 1.165) is 23.4 Å². The van der Waals surface area contributed by atoms with Crippen LogP contribution in [0.5, 0.6) is 0 Å². The van der Waals surface area contributed by atoms with E-state index in [2.05, 4.69) is 20.5 Å². The van der Waals surface area contributed by atoms with E-state index >= 15 is 0 Å². The van der Waals surface area contributed by atoms with E-state index in [9.17, 15) is 8.78 Å². The lowest BCUT2D eigenvalue weighted by atomic mass is 10.1. The van der Waals surface area contributed by atoms with E-state index in [-0.39, 0.29) is 5.56 Å². The van der Waals surface area contributed by atoms with Crippen LogP contribution in [-0.4, -0.2) is 15.2 Å². The molecule has 0 aliphatic rings. The number of H-pyrrole nitrogens is 1. The van der Waals surface area contributed by atoms with Crippen molar-refractivity contribution in [1.82, 2.24) is 15.2 Å². The zero-order valence-corrected chi connectivity index (χ0v) is 11.4. The van der Waals surface area contributed by atoms with E-state index in [0.29, 0.717) is 12.2 Å². The van der Waals surface area contributed by atoms with Gasteiger partial charge in [0.1, 0.15) is 0 Å². The number of rotatable bonds is 4. The minimum absolute atomic E-state index is 0.103. The fourth-order valence-corrected chi connectivity index (χ4v) is 2.16. The Balaban J connectivity index is 1.80. The Hall–Kier alpha value is -2.50. The topological polar surface area (TPSA) is 53.6 Å². The number of hydrogen-bond acceptors (Lipinski definition) is 3. The quantitative estimate of drug-likeness (QED) is 0.770. The molecule has 0 unspecified atom stereocenters. The van der Waals surface area contributed by atoms with Gasteiger partial charge >= 0.3 is 0 Å². The van der Waals surface area contributed by atoms with Crippen LogP contribution < -0.4 is 5.32 Å². The van der Waals surface area contributed by atoms with Crippen molar-refractivity contribution < 1.29 is 8.78 Å². The summed E-state index contributed by atoms with van der Waals surface area (Å²) in [6, 6.07) is 7.25. The number of alkyl halides is 2. The molecular formula is C15H14F2N4. The summed E-state index contributed by atoms with van der Waals surface area (Å²) < 4.78 is 26.6. The lowest BCUT2D eigenvalue weighted by Crippen LogP contribution is -2.09. The lowest BCUT2D eigenvalue weighted by molar-refractivity contribution is 0.0172. The van der Waals surface area contributed by atoms with Crippen molar-refractivity contribution in [3.8, 4) is 0 Å². The van der Waals surface area contributed by atoms with Crippen LogP contribution in [0, 0.1) is 0 Å². The molecule has 108 valence electrons. The highest BCUT2D eigenvalue weighted by atomic mass is 19.3. The van der Waals surface area contributed by atoms with Crippen molar-refractivity contribution in [2.24, 2.45) is 0 Å². The summed E-state index contributed by atoms with van der Waals surface area (Å²) in [5, 5.41) is 11.0. The van der Waals surface area contributed by atoms with Crippen molar-refractivity contribution in [3.63, 3.8) is 0 Å². The minimum atomic E-state index is -2.89. The third-order valence-electron chi connectivity index (χ3n) is 3.30. The largest absolute Gasteiger partial charge is 0.380 e. The maximum absolute atomic E-state index is 13.3. The Labute approximate surface area is 120 Å². The molecule has 3 rings (SSSR count). The molecule has 6 heteroatoms. The number of aromatic nitrogens is 3. The summed E-state index contributed by atoms with van der Waals surface area (Å²) in [7, 11) is 0. The predicted octanol–water partition coefficient (Wildman–Crippen LogP) is 3.68. The molecule has 0 aliphatic heterocycles. The summed E-state index contributed by atoms with van der Waals surface area (Å²) in [6.07, 6.45) is 4.47. The first-order chi connectivity index (χ1) is 10.0. The van der Waals surface area contributed by atoms with Gasteiger partial charge in [0.2, 0.25) is 0 Å². The molecule has 0 fully saturated rings. The fourth-order valence-electron chi connectivity index (χ4n) is 2.16. The summed E-state index contributed by atoms with van der Waals surface area (Å²) in [4.78, 5) is 3.85. The molecule has 0 bridgehead atoms. The van der Waals surface area contributed by atoms with Gasteiger partial charge in [-0.3, -0.25) is 10.1 Å². The molecule has 1 aromatic carbocycles. The van der Waals surface area contributed by atoms with Crippen LogP contribution in [0.25, 0.3) is 10.9 Å². The summed E-state index contributed by atoms with van der Waals surface area (Å²) in [5.41, 5.74) is 2.44. The monoisotopic (exact) mass is 288 g/mol. The first kappa shape index (κ1) is 13.5. The van der Waals surface area contributed by atoms with Gasteiger partial charge in [-0.15, -0.1) is 0 Å². The third kappa shape index (κ3) is 2.84. The number of benzene rings is 1. The smallest absolute Gasteiger partial charge is 0.272 e. The molecule has 2 aromatic heterocycles. The molecule has 0 radical (unpaired) electrons. The maximum Gasteiger partial charge on any atom is 0.272 e. The molecule has 0 amide bonds. The van der Waals surface area contributed by atoms with Gasteiger partial charge in [0.25, 0.3) is 5.92 Å². The van der Waals surface area contributed by atoms with Crippen molar-refractivity contribution in [3.05, 3.63) is 54.0 Å². The molecule has 0 atom stereocenters. The molecule has 21 heavy (non-hydrogen) atoms. The zero-order valence-electron chi connectivity index (χ0n) is 11.4. The van der Waals surface area contributed by atoms with Gasteiger partial charge in [-0.1, -0.05) is 12.1 Å². The van der Waals surface area contributed by atoms with Crippen LogP contribution in [-0.2, 0) is 12.5 Å². The molecule has 0 saturated carbocycles. The Morgan fingerprint density at radius 3 is 2.90 bits per heavy atom. The number of nitrogens with one attached hydrogen (secondary N) is 2. The van der Waals surface area contributed by atoms with Gasteiger partial charge in [0.15, 0.2) is 0 Å². The van der Waals surface area contributed by atoms with Crippen molar-refractivity contribution >= 4 is 16.6 Å². The Bertz CT molecular complexity index is 761. The number of anilines is 1. The number of pyridine rings is 1. The van der Waals surface area contributed by atoms with Gasteiger partial charge < -0.3 is 5.32 Å². The van der Waals surface area contributed by atoms with Gasteiger partial charge in [-0.05, 0) is 17.7 Å². The van der Waals surface area contributed by atoms with Gasteiger partial charge in [-0.2, -0.15) is 5.10 Å². The number of hydrogen-bond donors (Lipinski definition) is 2. The number of nitrogens with zero attached hydrogens (tertiary/aromatic N) is 2. The van der Waals surface area contributed by atoms with E-state index in [1.165, 1.54) is 18.5 Å². The molecule has 0 saturated heterocycles. The second-order valence-electron chi connectivity index (χ2n) is 4.95. The maximum atomic E-state index is 13.3. The predicted molar refractivity (Wildman–Crippen MR) is 77.2 cm³/mol. The molecule has 0 spiro atoms. The van der Waals surface area contributed by atoms with E-state index < -0.39 is 5.92 Å². The second kappa shape index (κ2) is 5.12. The highest BCUT2D eigenvalue weighted by Gasteiger charge is 2.24. The van der Waals surface area contributed by atoms with Crippen LogP contribution in [0.1, 0.15) is 18.1 Å². The van der Waals surface area contributed by atoms with Crippen molar-refractivity contribution in [2.75, 3.05) is 5.32 Å². The molecule has 2 heterocycles. The van der Waals surface area contributed by atoms with Crippen LogP contribution in [0.15, 0.2) is 42.9 Å². The van der Waals surface area contributed by atoms with Crippen molar-refractivity contribution in [1.29, 1.82) is 0 Å². The summed E-state index contributed by atoms with van der Waals surface area (Å²) in [5.74, 6) is -2.89. The summed E-state index contributed by atoms with van der Waals surface area (Å²) in [6.45, 7) is 1.37. The highest BCUT2D eigenvalue weighted by Crippen LogP contribution is 2.28. The normalized spacial score (nSPS) is 11.8. The van der Waals surface area contributed by atoms with Crippen LogP contribution >= 0.6 is 0 Å². The highest BCUT2D eigenvalue weighted by molar-refractivity contribution is 5.81. The zero-order chi connectivity index (χ0) is 14.9. The number of fused-ring (bicyclic) bond motifs is 1. The van der Waals surface area contributed by atoms with Gasteiger partial charge in [-0.25, -0.2) is 8.78 Å². The van der Waals surface area contributed by atoms with Crippen LogP contribution in [0.2, 0.25) is 0 Å². The lowest BCUT2D eigenvalue weighted by Gasteiger charge is -2.12. The van der Waals surface area contributed by atoms with Crippen molar-refractivity contribution in [2.45, 2.75) is 19.4 Å². The van der Waals surface area contributed by atoms with E-state index in [1.807, 2.05) is 18.2 Å². The first-order valence-corrected chi connectivity index (χ1v) is 6.52. The molecular weight excluding hydrogens is 274 g/mol. The Morgan fingerprint density at radius 2 is 2.10 bits per heavy atom. The van der Waals surface area contributed by atoms with E-state index in [1.54, 1.807) is 6.20 Å². The third-order valence-corrected chi connectivity index (χ3v) is 3.30. The van der Waals surface area contributed by atoms with Crippen LogP contribution in [0.3, 0.4) is 0 Å². The minimum Gasteiger partial charge on any atom is -0.380 e. The van der Waals surface area contributed by atoms with Gasteiger partial charge in [0, 0.05) is 36.8 Å². The Morgan fingerprint density at radius 1 is 1.24 bits per heavy atom. The molecule has 3 aromatic rings. The molecule has 2 N–H and O–H groups in total. The fraction of sp³-hybridized carbons (Fsp3) is 0.200.